The van der Waals surface area contributed by atoms with Gasteiger partial charge in [-0.15, -0.1) is 0 Å². The highest BCUT2D eigenvalue weighted by Gasteiger charge is 2.08. The Bertz CT molecular complexity index is 626. The molecular formula is C13H10N6. The molecule has 0 aliphatic carbocycles. The Morgan fingerprint density at radius 1 is 0.789 bits per heavy atom. The van der Waals surface area contributed by atoms with Crippen LogP contribution in [0.3, 0.4) is 0 Å². The summed E-state index contributed by atoms with van der Waals surface area (Å²) in [6.07, 6.45) is 6.55. The first-order valence-electron chi connectivity index (χ1n) is 5.72. The molecule has 3 heterocycles. The van der Waals surface area contributed by atoms with Gasteiger partial charge in [-0.05, 0) is 25.1 Å². The molecule has 3 rings (SSSR count). The summed E-state index contributed by atoms with van der Waals surface area (Å²) in [4.78, 5) is 25.1. The molecule has 0 saturated carbocycles. The predicted molar refractivity (Wildman–Crippen MR) is 68.8 cm³/mol. The summed E-state index contributed by atoms with van der Waals surface area (Å²) in [5.74, 6) is 1.81. The van der Waals surface area contributed by atoms with Crippen LogP contribution in [0.2, 0.25) is 0 Å². The second-order valence-electron chi connectivity index (χ2n) is 3.86. The summed E-state index contributed by atoms with van der Waals surface area (Å²) in [5.41, 5.74) is 1.58. The van der Waals surface area contributed by atoms with Gasteiger partial charge < -0.3 is 0 Å². The number of aromatic nitrogens is 6. The summed E-state index contributed by atoms with van der Waals surface area (Å²) < 4.78 is 0. The lowest BCUT2D eigenvalue weighted by Gasteiger charge is -2.04. The van der Waals surface area contributed by atoms with Crippen molar-refractivity contribution in [3.8, 4) is 22.9 Å². The van der Waals surface area contributed by atoms with E-state index in [-0.39, 0.29) is 0 Å². The molecule has 0 radical (unpaired) electrons. The van der Waals surface area contributed by atoms with Crippen molar-refractivity contribution < 1.29 is 0 Å². The van der Waals surface area contributed by atoms with E-state index in [4.69, 9.17) is 0 Å². The molecule has 0 amide bonds. The highest BCUT2D eigenvalue weighted by atomic mass is 15.0. The summed E-state index contributed by atoms with van der Waals surface area (Å²) in [7, 11) is 0. The van der Waals surface area contributed by atoms with Crippen LogP contribution in [-0.2, 0) is 0 Å². The van der Waals surface area contributed by atoms with Crippen LogP contribution in [0.15, 0.2) is 43.1 Å². The summed E-state index contributed by atoms with van der Waals surface area (Å²) in [5, 5.41) is 0. The lowest BCUT2D eigenvalue weighted by molar-refractivity contribution is 0.978. The molecule has 0 aromatic carbocycles. The van der Waals surface area contributed by atoms with E-state index in [1.54, 1.807) is 24.7 Å². The maximum absolute atomic E-state index is 4.43. The first kappa shape index (κ1) is 11.3. The fourth-order valence-corrected chi connectivity index (χ4v) is 1.65. The fraction of sp³-hybridized carbons (Fsp3) is 0.0769. The van der Waals surface area contributed by atoms with Gasteiger partial charge in [0.15, 0.2) is 11.6 Å². The minimum absolute atomic E-state index is 0.543. The van der Waals surface area contributed by atoms with Crippen molar-refractivity contribution in [3.05, 3.63) is 48.9 Å². The van der Waals surface area contributed by atoms with Crippen molar-refractivity contribution in [2.45, 2.75) is 6.92 Å². The molecule has 0 atom stereocenters. The molecule has 92 valence electrons. The van der Waals surface area contributed by atoms with Gasteiger partial charge in [0.05, 0.1) is 0 Å². The van der Waals surface area contributed by atoms with Crippen molar-refractivity contribution in [2.75, 3.05) is 0 Å². The predicted octanol–water partition coefficient (Wildman–Crippen LogP) is 1.70. The molecule has 0 fully saturated rings. The largest absolute Gasteiger partial charge is 0.265 e. The molecule has 0 bridgehead atoms. The van der Waals surface area contributed by atoms with E-state index in [0.29, 0.717) is 23.2 Å². The van der Waals surface area contributed by atoms with Crippen LogP contribution >= 0.6 is 0 Å². The summed E-state index contributed by atoms with van der Waals surface area (Å²) in [6, 6.07) is 5.49. The molecule has 0 N–H and O–H groups in total. The minimum Gasteiger partial charge on any atom is -0.265 e. The zero-order valence-corrected chi connectivity index (χ0v) is 10.2. The molecule has 19 heavy (non-hydrogen) atoms. The zero-order chi connectivity index (χ0) is 13.1. The van der Waals surface area contributed by atoms with Crippen LogP contribution in [0.5, 0.6) is 0 Å². The van der Waals surface area contributed by atoms with Crippen molar-refractivity contribution >= 4 is 0 Å². The van der Waals surface area contributed by atoms with E-state index in [0.717, 1.165) is 5.56 Å². The van der Waals surface area contributed by atoms with Crippen LogP contribution in [0, 0.1) is 6.92 Å². The van der Waals surface area contributed by atoms with Crippen molar-refractivity contribution in [1.29, 1.82) is 0 Å². The van der Waals surface area contributed by atoms with Crippen LogP contribution in [0.4, 0.5) is 0 Å². The van der Waals surface area contributed by atoms with Gasteiger partial charge >= 0.3 is 0 Å². The monoisotopic (exact) mass is 250 g/mol. The zero-order valence-electron chi connectivity index (χ0n) is 10.2. The Morgan fingerprint density at radius 3 is 2.26 bits per heavy atom. The second-order valence-corrected chi connectivity index (χ2v) is 3.86. The maximum atomic E-state index is 4.43. The average Bonchev–Trinajstić information content (AvgIpc) is 2.48. The number of aryl methyl sites for hydroxylation is 1. The first-order valence-corrected chi connectivity index (χ1v) is 5.72. The molecule has 0 aliphatic rings. The third-order valence-electron chi connectivity index (χ3n) is 2.50. The van der Waals surface area contributed by atoms with Gasteiger partial charge in [0.1, 0.15) is 17.8 Å². The van der Waals surface area contributed by atoms with E-state index < -0.39 is 0 Å². The minimum atomic E-state index is 0.543. The highest BCUT2D eigenvalue weighted by Crippen LogP contribution is 2.17. The lowest BCUT2D eigenvalue weighted by atomic mass is 10.2. The van der Waals surface area contributed by atoms with Gasteiger partial charge in [0, 0.05) is 24.2 Å². The molecule has 6 nitrogen and oxygen atoms in total. The van der Waals surface area contributed by atoms with Gasteiger partial charge in [-0.2, -0.15) is 0 Å². The third kappa shape index (κ3) is 2.42. The van der Waals surface area contributed by atoms with Crippen molar-refractivity contribution in [1.82, 2.24) is 29.9 Å². The molecule has 6 heteroatoms. The van der Waals surface area contributed by atoms with Gasteiger partial charge in [0.25, 0.3) is 0 Å². The Labute approximate surface area is 109 Å². The van der Waals surface area contributed by atoms with E-state index in [1.165, 1.54) is 6.33 Å². The number of nitrogens with zero attached hydrogens (tertiary/aromatic N) is 6. The second kappa shape index (κ2) is 4.85. The maximum Gasteiger partial charge on any atom is 0.182 e. The normalized spacial score (nSPS) is 10.4. The molecular weight excluding hydrogens is 240 g/mol. The molecule has 3 aromatic rings. The lowest BCUT2D eigenvalue weighted by Crippen LogP contribution is -2.00. The van der Waals surface area contributed by atoms with Gasteiger partial charge in [-0.25, -0.2) is 24.9 Å². The first-order chi connectivity index (χ1) is 9.33. The molecule has 0 saturated heterocycles. The van der Waals surface area contributed by atoms with Crippen molar-refractivity contribution in [2.24, 2.45) is 0 Å². The number of pyridine rings is 1. The van der Waals surface area contributed by atoms with E-state index in [1.807, 2.05) is 19.1 Å². The molecule has 3 aromatic heterocycles. The average molecular weight is 250 g/mol. The third-order valence-corrected chi connectivity index (χ3v) is 2.50. The van der Waals surface area contributed by atoms with Crippen LogP contribution in [-0.4, -0.2) is 29.9 Å². The quantitative estimate of drug-likeness (QED) is 0.688. The number of rotatable bonds is 2. The van der Waals surface area contributed by atoms with E-state index in [9.17, 15) is 0 Å². The molecule has 0 unspecified atom stereocenters. The van der Waals surface area contributed by atoms with Gasteiger partial charge in [0.2, 0.25) is 0 Å². The Kier molecular flexibility index (Phi) is 2.89. The molecule has 0 spiro atoms. The van der Waals surface area contributed by atoms with Crippen LogP contribution < -0.4 is 0 Å². The topological polar surface area (TPSA) is 77.3 Å². The molecule has 0 aliphatic heterocycles. The summed E-state index contributed by atoms with van der Waals surface area (Å²) >= 11 is 0. The van der Waals surface area contributed by atoms with E-state index >= 15 is 0 Å². The van der Waals surface area contributed by atoms with E-state index in [2.05, 4.69) is 29.9 Å². The Balaban J connectivity index is 2.12. The highest BCUT2D eigenvalue weighted by molar-refractivity contribution is 5.57. The van der Waals surface area contributed by atoms with Crippen LogP contribution in [0.1, 0.15) is 5.82 Å². The fourth-order valence-electron chi connectivity index (χ4n) is 1.65. The summed E-state index contributed by atoms with van der Waals surface area (Å²) in [6.45, 7) is 1.83. The van der Waals surface area contributed by atoms with Gasteiger partial charge in [-0.1, -0.05) is 0 Å². The van der Waals surface area contributed by atoms with Crippen molar-refractivity contribution in [3.63, 3.8) is 0 Å². The standard InChI is InChI=1S/C13H10N6/c1-9-17-12(10-2-5-14-6-3-10)19-13(18-9)11-4-7-15-8-16-11/h2-8H,1H3. The van der Waals surface area contributed by atoms with Gasteiger partial charge in [-0.3, -0.25) is 4.98 Å². The number of hydrogen-bond acceptors (Lipinski definition) is 6. The SMILES string of the molecule is Cc1nc(-c2ccncc2)nc(-c2ccncn2)n1. The smallest absolute Gasteiger partial charge is 0.182 e. The van der Waals surface area contributed by atoms with Crippen LogP contribution in [0.25, 0.3) is 22.9 Å². The Hall–Kier alpha value is -2.76. The Morgan fingerprint density at radius 2 is 1.53 bits per heavy atom. The number of hydrogen-bond donors (Lipinski definition) is 0.